The van der Waals surface area contributed by atoms with Crippen molar-refractivity contribution in [2.24, 2.45) is 22.2 Å². The molecule has 4 aliphatic rings. The fraction of sp³-hybridized carbons (Fsp3) is 0.625. The van der Waals surface area contributed by atoms with Gasteiger partial charge in [0.15, 0.2) is 0 Å². The SMILES string of the molecule is C=C1CCC23C[C@@]2(COC(=O)CCC(=O)O)[C@H](O)CC[C@@]3(C)C1/C=C/C1=CCOC1=O. The molecule has 0 aromatic rings. The molecular weight excluding hydrogens is 400 g/mol. The Balaban J connectivity index is 1.55. The second-order valence-electron chi connectivity index (χ2n) is 9.69. The van der Waals surface area contributed by atoms with Crippen LogP contribution in [0, 0.1) is 22.2 Å². The predicted molar refractivity (Wildman–Crippen MR) is 111 cm³/mol. The summed E-state index contributed by atoms with van der Waals surface area (Å²) >= 11 is 0. The monoisotopic (exact) mass is 430 g/mol. The first-order valence-electron chi connectivity index (χ1n) is 10.9. The van der Waals surface area contributed by atoms with Crippen molar-refractivity contribution in [3.05, 3.63) is 36.0 Å². The topological polar surface area (TPSA) is 110 Å². The van der Waals surface area contributed by atoms with Crippen LogP contribution in [-0.4, -0.2) is 47.4 Å². The van der Waals surface area contributed by atoms with E-state index in [4.69, 9.17) is 14.6 Å². The summed E-state index contributed by atoms with van der Waals surface area (Å²) in [6.07, 6.45) is 8.55. The number of rotatable bonds is 7. The summed E-state index contributed by atoms with van der Waals surface area (Å²) in [5.74, 6) is -1.84. The number of aliphatic carboxylic acids is 1. The van der Waals surface area contributed by atoms with Gasteiger partial charge in [-0.25, -0.2) is 4.79 Å². The number of cyclic esters (lactones) is 1. The highest BCUT2D eigenvalue weighted by atomic mass is 16.5. The van der Waals surface area contributed by atoms with Gasteiger partial charge >= 0.3 is 17.9 Å². The molecule has 0 amide bonds. The lowest BCUT2D eigenvalue weighted by atomic mass is 9.50. The molecule has 1 aliphatic heterocycles. The molecule has 3 aliphatic carbocycles. The second-order valence-corrected chi connectivity index (χ2v) is 9.69. The minimum absolute atomic E-state index is 0.0487. The van der Waals surface area contributed by atoms with Gasteiger partial charge in [-0.3, -0.25) is 9.59 Å². The number of hydrogen-bond donors (Lipinski definition) is 2. The van der Waals surface area contributed by atoms with E-state index >= 15 is 0 Å². The largest absolute Gasteiger partial charge is 0.481 e. The van der Waals surface area contributed by atoms with Crippen molar-refractivity contribution in [1.82, 2.24) is 0 Å². The standard InChI is InChI=1S/C24H30O7/c1-15-7-11-24-13-23(24,14-31-20(28)6-5-19(26)27)18(25)8-10-22(24,2)17(15)4-3-16-9-12-30-21(16)29/h3-4,9,17-18,25H,1,5-8,10-14H2,2H3,(H,26,27)/b4-3+/t17?,18-,22+,23-,24?/m1/s1. The molecule has 3 fully saturated rings. The molecule has 0 aromatic heterocycles. The molecule has 0 bridgehead atoms. The molecular formula is C24H30O7. The van der Waals surface area contributed by atoms with E-state index in [1.807, 2.05) is 6.08 Å². The van der Waals surface area contributed by atoms with Crippen molar-refractivity contribution < 1.29 is 34.1 Å². The Kier molecular flexibility index (Phi) is 5.36. The van der Waals surface area contributed by atoms with Crippen molar-refractivity contribution in [3.8, 4) is 0 Å². The molecule has 0 aromatic carbocycles. The van der Waals surface area contributed by atoms with Crippen LogP contribution in [0.25, 0.3) is 0 Å². The highest BCUT2D eigenvalue weighted by molar-refractivity contribution is 5.93. The van der Waals surface area contributed by atoms with E-state index in [9.17, 15) is 19.5 Å². The van der Waals surface area contributed by atoms with Crippen LogP contribution in [0.4, 0.5) is 0 Å². The first kappa shape index (κ1) is 21.8. The van der Waals surface area contributed by atoms with E-state index in [-0.39, 0.29) is 42.2 Å². The number of aliphatic hydroxyl groups excluding tert-OH is 1. The van der Waals surface area contributed by atoms with Crippen molar-refractivity contribution in [1.29, 1.82) is 0 Å². The molecule has 1 spiro atoms. The number of hydrogen-bond acceptors (Lipinski definition) is 6. The molecule has 1 heterocycles. The van der Waals surface area contributed by atoms with Crippen LogP contribution in [0.5, 0.6) is 0 Å². The van der Waals surface area contributed by atoms with E-state index in [1.165, 1.54) is 0 Å². The van der Waals surface area contributed by atoms with E-state index < -0.39 is 23.5 Å². The summed E-state index contributed by atoms with van der Waals surface area (Å²) in [6, 6.07) is 0. The minimum Gasteiger partial charge on any atom is -0.481 e. The van der Waals surface area contributed by atoms with E-state index in [2.05, 4.69) is 19.6 Å². The Morgan fingerprint density at radius 2 is 2.13 bits per heavy atom. The molecule has 4 rings (SSSR count). The lowest BCUT2D eigenvalue weighted by Crippen LogP contribution is -2.51. The molecule has 168 valence electrons. The first-order chi connectivity index (χ1) is 14.7. The number of aliphatic hydroxyl groups is 1. The van der Waals surface area contributed by atoms with Gasteiger partial charge in [-0.05, 0) is 49.0 Å². The number of carboxylic acids is 1. The predicted octanol–water partition coefficient (Wildman–Crippen LogP) is 2.94. The zero-order valence-corrected chi connectivity index (χ0v) is 17.9. The quantitative estimate of drug-likeness (QED) is 0.472. The van der Waals surface area contributed by atoms with Gasteiger partial charge in [-0.1, -0.05) is 31.2 Å². The highest BCUT2D eigenvalue weighted by Crippen LogP contribution is 2.83. The normalized spacial score (nSPS) is 38.8. The maximum absolute atomic E-state index is 12.0. The van der Waals surface area contributed by atoms with Crippen molar-refractivity contribution in [3.63, 3.8) is 0 Å². The second kappa shape index (κ2) is 7.62. The smallest absolute Gasteiger partial charge is 0.338 e. The highest BCUT2D eigenvalue weighted by Gasteiger charge is 2.80. The third-order valence-electron chi connectivity index (χ3n) is 8.37. The maximum Gasteiger partial charge on any atom is 0.338 e. The molecule has 7 nitrogen and oxygen atoms in total. The molecule has 5 atom stereocenters. The van der Waals surface area contributed by atoms with Crippen LogP contribution in [0.2, 0.25) is 0 Å². The summed E-state index contributed by atoms with van der Waals surface area (Å²) in [5, 5.41) is 19.7. The summed E-state index contributed by atoms with van der Waals surface area (Å²) in [7, 11) is 0. The Hall–Kier alpha value is -2.41. The molecule has 31 heavy (non-hydrogen) atoms. The van der Waals surface area contributed by atoms with Crippen LogP contribution >= 0.6 is 0 Å². The number of ether oxygens (including phenoxy) is 2. The molecule has 3 saturated carbocycles. The van der Waals surface area contributed by atoms with Gasteiger partial charge in [-0.2, -0.15) is 0 Å². The number of allylic oxidation sites excluding steroid dienone is 2. The number of carbonyl (C=O) groups is 3. The summed E-state index contributed by atoms with van der Waals surface area (Å²) in [4.78, 5) is 34.6. The van der Waals surface area contributed by atoms with E-state index in [0.717, 1.165) is 31.3 Å². The zero-order chi connectivity index (χ0) is 22.4. The van der Waals surface area contributed by atoms with Gasteiger partial charge in [-0.15, -0.1) is 0 Å². The van der Waals surface area contributed by atoms with Crippen LogP contribution in [-0.2, 0) is 23.9 Å². The Morgan fingerprint density at radius 3 is 2.81 bits per heavy atom. The Morgan fingerprint density at radius 1 is 1.35 bits per heavy atom. The van der Waals surface area contributed by atoms with Crippen molar-refractivity contribution >= 4 is 17.9 Å². The molecule has 2 N–H and O–H groups in total. The summed E-state index contributed by atoms with van der Waals surface area (Å²) in [5.41, 5.74) is 0.824. The molecule has 7 heteroatoms. The van der Waals surface area contributed by atoms with Gasteiger partial charge in [0.2, 0.25) is 0 Å². The van der Waals surface area contributed by atoms with E-state index in [0.29, 0.717) is 18.6 Å². The van der Waals surface area contributed by atoms with Crippen LogP contribution in [0.15, 0.2) is 36.0 Å². The van der Waals surface area contributed by atoms with Gasteiger partial charge in [0.05, 0.1) is 31.1 Å². The van der Waals surface area contributed by atoms with Crippen molar-refractivity contribution in [2.75, 3.05) is 13.2 Å². The van der Waals surface area contributed by atoms with Gasteiger partial charge in [0.1, 0.15) is 6.61 Å². The first-order valence-corrected chi connectivity index (χ1v) is 10.9. The molecule has 0 radical (unpaired) electrons. The van der Waals surface area contributed by atoms with Crippen molar-refractivity contribution in [2.45, 2.75) is 58.0 Å². The molecule has 2 unspecified atom stereocenters. The lowest BCUT2D eigenvalue weighted by Gasteiger charge is -2.55. The fourth-order valence-corrected chi connectivity index (χ4v) is 6.54. The summed E-state index contributed by atoms with van der Waals surface area (Å²) < 4.78 is 10.5. The molecule has 0 saturated heterocycles. The average Bonchev–Trinajstić information content (AvgIpc) is 3.26. The van der Waals surface area contributed by atoms with Gasteiger partial charge in [0, 0.05) is 11.3 Å². The number of esters is 2. The summed E-state index contributed by atoms with van der Waals surface area (Å²) in [6.45, 7) is 6.96. The van der Waals surface area contributed by atoms with Crippen LogP contribution in [0.3, 0.4) is 0 Å². The number of carboxylic acid groups (broad SMARTS) is 1. The zero-order valence-electron chi connectivity index (χ0n) is 17.9. The van der Waals surface area contributed by atoms with E-state index in [1.54, 1.807) is 6.08 Å². The van der Waals surface area contributed by atoms with Crippen LogP contribution < -0.4 is 0 Å². The Bertz CT molecular complexity index is 886. The lowest BCUT2D eigenvalue weighted by molar-refractivity contribution is -0.155. The third-order valence-corrected chi connectivity index (χ3v) is 8.37. The maximum atomic E-state index is 12.0. The minimum atomic E-state index is -1.04. The number of carbonyl (C=O) groups excluding carboxylic acids is 2. The average molecular weight is 430 g/mol. The van der Waals surface area contributed by atoms with Crippen LogP contribution in [0.1, 0.15) is 51.9 Å². The van der Waals surface area contributed by atoms with Gasteiger partial charge < -0.3 is 19.7 Å². The third kappa shape index (κ3) is 3.34. The fourth-order valence-electron chi connectivity index (χ4n) is 6.54. The van der Waals surface area contributed by atoms with Gasteiger partial charge in [0.25, 0.3) is 0 Å². The Labute approximate surface area is 181 Å².